The Hall–Kier alpha value is -2.18. The summed E-state index contributed by atoms with van der Waals surface area (Å²) in [5.41, 5.74) is 2.09. The normalized spacial score (nSPS) is 10.6. The number of aromatic amines is 1. The van der Waals surface area contributed by atoms with Crippen molar-refractivity contribution >= 4 is 11.9 Å². The third kappa shape index (κ3) is 1.91. The highest BCUT2D eigenvalue weighted by molar-refractivity contribution is 6.03. The summed E-state index contributed by atoms with van der Waals surface area (Å²) in [6.07, 6.45) is 0. The summed E-state index contributed by atoms with van der Waals surface area (Å²) in [5, 5.41) is 17.1. The molecule has 0 bridgehead atoms. The van der Waals surface area contributed by atoms with E-state index in [1.807, 2.05) is 20.8 Å². The monoisotopic (exact) mass is 234 g/mol. The van der Waals surface area contributed by atoms with Gasteiger partial charge in [0, 0.05) is 18.3 Å². The van der Waals surface area contributed by atoms with Gasteiger partial charge in [-0.3, -0.25) is 15.2 Å². The fraction of sp³-hybridized carbons (Fsp3) is 0.400. The van der Waals surface area contributed by atoms with Crippen molar-refractivity contribution in [2.45, 2.75) is 20.8 Å². The third-order valence-corrected chi connectivity index (χ3v) is 2.79. The van der Waals surface area contributed by atoms with Crippen LogP contribution < -0.4 is 5.32 Å². The molecule has 0 spiro atoms. The highest BCUT2D eigenvalue weighted by atomic mass is 16.2. The van der Waals surface area contributed by atoms with Crippen molar-refractivity contribution in [2.24, 2.45) is 7.05 Å². The maximum Gasteiger partial charge on any atom is 0.278 e. The van der Waals surface area contributed by atoms with Gasteiger partial charge in [0.2, 0.25) is 5.95 Å². The van der Waals surface area contributed by atoms with Gasteiger partial charge in [-0.05, 0) is 20.8 Å². The maximum absolute atomic E-state index is 11.9. The van der Waals surface area contributed by atoms with E-state index in [-0.39, 0.29) is 5.91 Å². The van der Waals surface area contributed by atoms with Crippen molar-refractivity contribution in [1.82, 2.24) is 25.0 Å². The molecule has 0 radical (unpaired) electrons. The van der Waals surface area contributed by atoms with E-state index in [2.05, 4.69) is 25.7 Å². The van der Waals surface area contributed by atoms with Gasteiger partial charge in [-0.15, -0.1) is 10.2 Å². The Morgan fingerprint density at radius 3 is 2.47 bits per heavy atom. The van der Waals surface area contributed by atoms with Crippen LogP contribution in [0.2, 0.25) is 0 Å². The minimum Gasteiger partial charge on any atom is -0.300 e. The van der Waals surface area contributed by atoms with E-state index in [0.717, 1.165) is 17.1 Å². The van der Waals surface area contributed by atoms with Crippen LogP contribution in [-0.2, 0) is 7.05 Å². The van der Waals surface area contributed by atoms with E-state index < -0.39 is 0 Å². The van der Waals surface area contributed by atoms with E-state index in [4.69, 9.17) is 0 Å². The Morgan fingerprint density at radius 2 is 2.00 bits per heavy atom. The topological polar surface area (TPSA) is 88.5 Å². The Bertz CT molecular complexity index is 567. The number of amides is 1. The molecule has 0 fully saturated rings. The minimum absolute atomic E-state index is 0.289. The first-order valence-electron chi connectivity index (χ1n) is 5.19. The zero-order chi connectivity index (χ0) is 12.6. The zero-order valence-corrected chi connectivity index (χ0v) is 10.2. The molecule has 2 aromatic heterocycles. The number of hydrogen-bond donors (Lipinski definition) is 2. The molecule has 0 aliphatic heterocycles. The van der Waals surface area contributed by atoms with E-state index in [0.29, 0.717) is 11.6 Å². The SMILES string of the molecule is Cc1[nH]nc(C(=O)Nc2nnc(C)n2C)c1C. The second-order valence-corrected chi connectivity index (χ2v) is 3.91. The lowest BCUT2D eigenvalue weighted by Gasteiger charge is -2.03. The number of rotatable bonds is 2. The van der Waals surface area contributed by atoms with Crippen LogP contribution in [0.3, 0.4) is 0 Å². The number of carbonyl (C=O) groups excluding carboxylic acids is 1. The van der Waals surface area contributed by atoms with Crippen LogP contribution in [0.25, 0.3) is 0 Å². The quantitative estimate of drug-likeness (QED) is 0.801. The van der Waals surface area contributed by atoms with Crippen molar-refractivity contribution in [3.8, 4) is 0 Å². The first kappa shape index (κ1) is 11.3. The molecule has 0 unspecified atom stereocenters. The summed E-state index contributed by atoms with van der Waals surface area (Å²) in [7, 11) is 1.79. The summed E-state index contributed by atoms with van der Waals surface area (Å²) >= 11 is 0. The maximum atomic E-state index is 11.9. The highest BCUT2D eigenvalue weighted by Crippen LogP contribution is 2.11. The molecule has 2 heterocycles. The van der Waals surface area contributed by atoms with Gasteiger partial charge < -0.3 is 4.57 Å². The molecular formula is C10H14N6O. The first-order chi connectivity index (χ1) is 8.00. The third-order valence-electron chi connectivity index (χ3n) is 2.79. The predicted octanol–water partition coefficient (Wildman–Crippen LogP) is 0.716. The van der Waals surface area contributed by atoms with E-state index >= 15 is 0 Å². The van der Waals surface area contributed by atoms with E-state index in [1.165, 1.54) is 0 Å². The van der Waals surface area contributed by atoms with Crippen molar-refractivity contribution in [1.29, 1.82) is 0 Å². The molecule has 2 aromatic rings. The number of aryl methyl sites for hydroxylation is 2. The molecule has 7 heteroatoms. The molecule has 0 saturated carbocycles. The van der Waals surface area contributed by atoms with Gasteiger partial charge >= 0.3 is 0 Å². The van der Waals surface area contributed by atoms with Crippen LogP contribution in [0.15, 0.2) is 0 Å². The molecule has 0 atom stereocenters. The molecule has 0 saturated heterocycles. The lowest BCUT2D eigenvalue weighted by atomic mass is 10.2. The fourth-order valence-electron chi connectivity index (χ4n) is 1.38. The Morgan fingerprint density at radius 1 is 1.29 bits per heavy atom. The van der Waals surface area contributed by atoms with Crippen LogP contribution >= 0.6 is 0 Å². The van der Waals surface area contributed by atoms with Gasteiger partial charge in [-0.25, -0.2) is 0 Å². The van der Waals surface area contributed by atoms with E-state index in [9.17, 15) is 4.79 Å². The average molecular weight is 234 g/mol. The van der Waals surface area contributed by atoms with Gasteiger partial charge in [0.25, 0.3) is 5.91 Å². The van der Waals surface area contributed by atoms with Gasteiger partial charge in [0.05, 0.1) is 0 Å². The van der Waals surface area contributed by atoms with Crippen molar-refractivity contribution in [3.05, 3.63) is 22.8 Å². The Kier molecular flexibility index (Phi) is 2.66. The molecular weight excluding hydrogens is 220 g/mol. The molecule has 90 valence electrons. The number of nitrogens with one attached hydrogen (secondary N) is 2. The van der Waals surface area contributed by atoms with Crippen LogP contribution in [0, 0.1) is 20.8 Å². The highest BCUT2D eigenvalue weighted by Gasteiger charge is 2.16. The van der Waals surface area contributed by atoms with Crippen LogP contribution in [0.5, 0.6) is 0 Å². The molecule has 17 heavy (non-hydrogen) atoms. The van der Waals surface area contributed by atoms with E-state index in [1.54, 1.807) is 11.6 Å². The molecule has 1 amide bonds. The van der Waals surface area contributed by atoms with Crippen molar-refractivity contribution < 1.29 is 4.79 Å². The Balaban J connectivity index is 2.23. The number of nitrogens with zero attached hydrogens (tertiary/aromatic N) is 4. The summed E-state index contributed by atoms with van der Waals surface area (Å²) in [5.74, 6) is 0.852. The lowest BCUT2D eigenvalue weighted by Crippen LogP contribution is -2.16. The predicted molar refractivity (Wildman–Crippen MR) is 61.8 cm³/mol. The largest absolute Gasteiger partial charge is 0.300 e. The molecule has 0 aliphatic rings. The fourth-order valence-corrected chi connectivity index (χ4v) is 1.38. The lowest BCUT2D eigenvalue weighted by molar-refractivity contribution is 0.102. The number of hydrogen-bond acceptors (Lipinski definition) is 4. The summed E-state index contributed by atoms with van der Waals surface area (Å²) in [6.45, 7) is 5.52. The molecule has 2 N–H and O–H groups in total. The number of aromatic nitrogens is 5. The van der Waals surface area contributed by atoms with Gasteiger partial charge in [0.1, 0.15) is 5.82 Å². The average Bonchev–Trinajstić information content (AvgIpc) is 2.77. The summed E-state index contributed by atoms with van der Waals surface area (Å²) < 4.78 is 1.70. The van der Waals surface area contributed by atoms with Gasteiger partial charge in [0.15, 0.2) is 5.69 Å². The molecule has 7 nitrogen and oxygen atoms in total. The molecule has 0 aliphatic carbocycles. The second kappa shape index (κ2) is 4.00. The number of H-pyrrole nitrogens is 1. The first-order valence-corrected chi connectivity index (χ1v) is 5.19. The minimum atomic E-state index is -0.289. The second-order valence-electron chi connectivity index (χ2n) is 3.91. The Labute approximate surface area is 98.2 Å². The molecule has 2 rings (SSSR count). The standard InChI is InChI=1S/C10H14N6O/c1-5-6(2)12-14-8(5)9(17)11-10-15-13-7(3)16(10)4/h1-4H3,(H,12,14)(H,11,15,17). The van der Waals surface area contributed by atoms with Crippen LogP contribution in [-0.4, -0.2) is 30.9 Å². The number of anilines is 1. The van der Waals surface area contributed by atoms with Crippen LogP contribution in [0.4, 0.5) is 5.95 Å². The zero-order valence-electron chi connectivity index (χ0n) is 10.2. The van der Waals surface area contributed by atoms with Crippen LogP contribution in [0.1, 0.15) is 27.6 Å². The number of carbonyl (C=O) groups is 1. The summed E-state index contributed by atoms with van der Waals surface area (Å²) in [4.78, 5) is 11.9. The van der Waals surface area contributed by atoms with Gasteiger partial charge in [-0.1, -0.05) is 0 Å². The molecule has 0 aromatic carbocycles. The smallest absolute Gasteiger partial charge is 0.278 e. The van der Waals surface area contributed by atoms with Gasteiger partial charge in [-0.2, -0.15) is 5.10 Å². The summed E-state index contributed by atoms with van der Waals surface area (Å²) in [6, 6.07) is 0. The van der Waals surface area contributed by atoms with Crippen molar-refractivity contribution in [3.63, 3.8) is 0 Å². The van der Waals surface area contributed by atoms with Crippen molar-refractivity contribution in [2.75, 3.05) is 5.32 Å².